The van der Waals surface area contributed by atoms with Crippen molar-refractivity contribution in [1.82, 2.24) is 4.90 Å². The number of hydrogen-bond donors (Lipinski definition) is 2. The van der Waals surface area contributed by atoms with Crippen LogP contribution in [0.1, 0.15) is 29.0 Å². The van der Waals surface area contributed by atoms with Gasteiger partial charge in [-0.15, -0.1) is 0 Å². The lowest BCUT2D eigenvalue weighted by Gasteiger charge is -2.17. The zero-order chi connectivity index (χ0) is 22.2. The van der Waals surface area contributed by atoms with Gasteiger partial charge < -0.3 is 16.4 Å². The van der Waals surface area contributed by atoms with Crippen molar-refractivity contribution in [2.45, 2.75) is 25.3 Å². The standard InChI is InChI=1S/C26H30ClN3O/c1-30(16-2-15-28)18-20-5-3-19(4-6-20)17-25(26(29)31)23-9-7-21(8-10-23)22-11-13-24(27)14-12-22/h3-14,25H,2,15-18,28H2,1H3,(H2,29,31). The molecule has 0 aliphatic carbocycles. The predicted molar refractivity (Wildman–Crippen MR) is 129 cm³/mol. The molecule has 0 spiro atoms. The van der Waals surface area contributed by atoms with Gasteiger partial charge in [0, 0.05) is 11.6 Å². The predicted octanol–water partition coefficient (Wildman–Crippen LogP) is 4.60. The molecule has 5 heteroatoms. The summed E-state index contributed by atoms with van der Waals surface area (Å²) in [5, 5.41) is 0.711. The van der Waals surface area contributed by atoms with E-state index in [1.165, 1.54) is 5.56 Å². The van der Waals surface area contributed by atoms with Crippen molar-refractivity contribution in [3.05, 3.63) is 94.5 Å². The summed E-state index contributed by atoms with van der Waals surface area (Å²) in [6, 6.07) is 24.1. The highest BCUT2D eigenvalue weighted by molar-refractivity contribution is 6.30. The van der Waals surface area contributed by atoms with Gasteiger partial charge in [0.05, 0.1) is 5.92 Å². The number of benzene rings is 3. The highest BCUT2D eigenvalue weighted by atomic mass is 35.5. The average molecular weight is 436 g/mol. The fraction of sp³-hybridized carbons (Fsp3) is 0.269. The summed E-state index contributed by atoms with van der Waals surface area (Å²) in [7, 11) is 2.10. The fourth-order valence-electron chi connectivity index (χ4n) is 3.70. The molecule has 0 fully saturated rings. The van der Waals surface area contributed by atoms with Crippen LogP contribution >= 0.6 is 11.6 Å². The van der Waals surface area contributed by atoms with E-state index in [4.69, 9.17) is 23.1 Å². The second-order valence-electron chi connectivity index (χ2n) is 7.98. The third-order valence-electron chi connectivity index (χ3n) is 5.49. The number of carbonyl (C=O) groups is 1. The number of hydrogen-bond acceptors (Lipinski definition) is 3. The summed E-state index contributed by atoms with van der Waals surface area (Å²) in [5.41, 5.74) is 16.8. The molecule has 162 valence electrons. The van der Waals surface area contributed by atoms with Crippen LogP contribution in [0.15, 0.2) is 72.8 Å². The summed E-state index contributed by atoms with van der Waals surface area (Å²) >= 11 is 5.97. The largest absolute Gasteiger partial charge is 0.369 e. The normalized spacial score (nSPS) is 12.1. The van der Waals surface area contributed by atoms with Crippen LogP contribution in [0, 0.1) is 0 Å². The van der Waals surface area contributed by atoms with Gasteiger partial charge in [0.2, 0.25) is 5.91 Å². The van der Waals surface area contributed by atoms with Crippen molar-refractivity contribution >= 4 is 17.5 Å². The summed E-state index contributed by atoms with van der Waals surface area (Å²) in [5.74, 6) is -0.679. The Labute approximate surface area is 189 Å². The molecule has 1 amide bonds. The average Bonchev–Trinajstić information content (AvgIpc) is 2.77. The molecule has 1 atom stereocenters. The van der Waals surface area contributed by atoms with Crippen LogP contribution < -0.4 is 11.5 Å². The first-order valence-electron chi connectivity index (χ1n) is 10.6. The highest BCUT2D eigenvalue weighted by Crippen LogP contribution is 2.26. The number of nitrogens with zero attached hydrogens (tertiary/aromatic N) is 1. The lowest BCUT2D eigenvalue weighted by Crippen LogP contribution is -2.23. The van der Waals surface area contributed by atoms with Crippen LogP contribution in [0.3, 0.4) is 0 Å². The van der Waals surface area contributed by atoms with Gasteiger partial charge in [0.1, 0.15) is 0 Å². The van der Waals surface area contributed by atoms with Gasteiger partial charge in [-0.2, -0.15) is 0 Å². The molecule has 0 saturated carbocycles. The van der Waals surface area contributed by atoms with Crippen molar-refractivity contribution in [2.75, 3.05) is 20.1 Å². The molecule has 0 aromatic heterocycles. The summed E-state index contributed by atoms with van der Waals surface area (Å²) in [6.07, 6.45) is 1.57. The third kappa shape index (κ3) is 6.66. The van der Waals surface area contributed by atoms with Crippen LogP contribution in [0.2, 0.25) is 5.02 Å². The lowest BCUT2D eigenvalue weighted by molar-refractivity contribution is -0.119. The Morgan fingerprint density at radius 1 is 0.903 bits per heavy atom. The Morgan fingerprint density at radius 2 is 1.45 bits per heavy atom. The maximum absolute atomic E-state index is 12.2. The van der Waals surface area contributed by atoms with E-state index in [9.17, 15) is 4.79 Å². The summed E-state index contributed by atoms with van der Waals surface area (Å²) in [4.78, 5) is 14.5. The quantitative estimate of drug-likeness (QED) is 0.488. The highest BCUT2D eigenvalue weighted by Gasteiger charge is 2.18. The van der Waals surface area contributed by atoms with Gasteiger partial charge in [0.25, 0.3) is 0 Å². The molecule has 0 aliphatic heterocycles. The van der Waals surface area contributed by atoms with Gasteiger partial charge in [-0.05, 0) is 72.9 Å². The smallest absolute Gasteiger partial charge is 0.225 e. The van der Waals surface area contributed by atoms with E-state index in [1.54, 1.807) is 0 Å². The minimum absolute atomic E-state index is 0.315. The molecule has 0 saturated heterocycles. The number of primary amides is 1. The zero-order valence-electron chi connectivity index (χ0n) is 17.9. The maximum atomic E-state index is 12.2. The first kappa shape index (κ1) is 23.0. The van der Waals surface area contributed by atoms with Gasteiger partial charge in [-0.3, -0.25) is 4.79 Å². The molecular weight excluding hydrogens is 406 g/mol. The number of nitrogens with two attached hydrogens (primary N) is 2. The number of amides is 1. The Hall–Kier alpha value is -2.66. The lowest BCUT2D eigenvalue weighted by atomic mass is 9.90. The molecule has 0 bridgehead atoms. The van der Waals surface area contributed by atoms with E-state index in [0.717, 1.165) is 41.8 Å². The maximum Gasteiger partial charge on any atom is 0.225 e. The van der Waals surface area contributed by atoms with Crippen LogP contribution in [0.5, 0.6) is 0 Å². The van der Waals surface area contributed by atoms with Gasteiger partial charge >= 0.3 is 0 Å². The van der Waals surface area contributed by atoms with E-state index in [2.05, 4.69) is 36.2 Å². The second kappa shape index (κ2) is 11.1. The minimum Gasteiger partial charge on any atom is -0.369 e. The Morgan fingerprint density at radius 3 is 2.00 bits per heavy atom. The second-order valence-corrected chi connectivity index (χ2v) is 8.42. The van der Waals surface area contributed by atoms with E-state index < -0.39 is 0 Å². The van der Waals surface area contributed by atoms with Crippen molar-refractivity contribution in [2.24, 2.45) is 11.5 Å². The van der Waals surface area contributed by atoms with Crippen LogP contribution in [-0.2, 0) is 17.8 Å². The molecule has 3 aromatic rings. The topological polar surface area (TPSA) is 72.3 Å². The van der Waals surface area contributed by atoms with Gasteiger partial charge in [-0.1, -0.05) is 72.3 Å². The van der Waals surface area contributed by atoms with Gasteiger partial charge in [0.15, 0.2) is 0 Å². The Kier molecular flexibility index (Phi) is 8.24. The summed E-state index contributed by atoms with van der Waals surface area (Å²) < 4.78 is 0. The van der Waals surface area contributed by atoms with Crippen molar-refractivity contribution in [3.63, 3.8) is 0 Å². The molecule has 1 unspecified atom stereocenters. The minimum atomic E-state index is -0.364. The number of halogens is 1. The van der Waals surface area contributed by atoms with Crippen LogP contribution in [0.4, 0.5) is 0 Å². The SMILES string of the molecule is CN(CCCN)Cc1ccc(CC(C(N)=O)c2ccc(-c3ccc(Cl)cc3)cc2)cc1. The zero-order valence-corrected chi connectivity index (χ0v) is 18.7. The van der Waals surface area contributed by atoms with Crippen molar-refractivity contribution < 1.29 is 4.79 Å². The first-order valence-corrected chi connectivity index (χ1v) is 11.0. The molecule has 4 N–H and O–H groups in total. The van der Waals surface area contributed by atoms with Crippen molar-refractivity contribution in [3.8, 4) is 11.1 Å². The number of rotatable bonds is 10. The third-order valence-corrected chi connectivity index (χ3v) is 5.75. The monoisotopic (exact) mass is 435 g/mol. The Balaban J connectivity index is 1.68. The molecular formula is C26H30ClN3O. The molecule has 3 rings (SSSR count). The van der Waals surface area contributed by atoms with Crippen molar-refractivity contribution in [1.29, 1.82) is 0 Å². The molecule has 31 heavy (non-hydrogen) atoms. The van der Waals surface area contributed by atoms with E-state index in [-0.39, 0.29) is 11.8 Å². The van der Waals surface area contributed by atoms with E-state index in [0.29, 0.717) is 18.0 Å². The van der Waals surface area contributed by atoms with E-state index >= 15 is 0 Å². The van der Waals surface area contributed by atoms with E-state index in [1.807, 2.05) is 48.5 Å². The Bertz CT molecular complexity index is 969. The molecule has 0 aliphatic rings. The van der Waals surface area contributed by atoms with Crippen LogP contribution in [0.25, 0.3) is 11.1 Å². The molecule has 0 heterocycles. The summed E-state index contributed by atoms with van der Waals surface area (Å²) in [6.45, 7) is 2.57. The fourth-order valence-corrected chi connectivity index (χ4v) is 3.83. The van der Waals surface area contributed by atoms with Gasteiger partial charge in [-0.25, -0.2) is 0 Å². The van der Waals surface area contributed by atoms with Crippen LogP contribution in [-0.4, -0.2) is 30.9 Å². The molecule has 3 aromatic carbocycles. The molecule has 4 nitrogen and oxygen atoms in total. The first-order chi connectivity index (χ1) is 15.0. The number of carbonyl (C=O) groups excluding carboxylic acids is 1. The molecule has 0 radical (unpaired) electrons.